The van der Waals surface area contributed by atoms with Crippen LogP contribution >= 0.6 is 0 Å². The van der Waals surface area contributed by atoms with E-state index >= 15 is 0 Å². The predicted octanol–water partition coefficient (Wildman–Crippen LogP) is 2.37. The molecule has 1 aliphatic carbocycles. The highest BCUT2D eigenvalue weighted by Crippen LogP contribution is 2.27. The Morgan fingerprint density at radius 3 is 2.46 bits per heavy atom. The maximum Gasteiger partial charge on any atom is 0.254 e. The Hall–Kier alpha value is -1.17. The van der Waals surface area contributed by atoms with E-state index in [-0.39, 0.29) is 17.7 Å². The molecule has 1 N–H and O–H groups in total. The summed E-state index contributed by atoms with van der Waals surface area (Å²) in [7, 11) is 0. The van der Waals surface area contributed by atoms with Gasteiger partial charge >= 0.3 is 0 Å². The first kappa shape index (κ1) is 17.6. The summed E-state index contributed by atoms with van der Waals surface area (Å²) in [5.74, 6) is 0. The zero-order valence-corrected chi connectivity index (χ0v) is 14.7. The fraction of sp³-hybridized carbons (Fsp3) is 0.737. The van der Waals surface area contributed by atoms with Crippen molar-refractivity contribution in [2.24, 2.45) is 0 Å². The quantitative estimate of drug-likeness (QED) is 0.897. The van der Waals surface area contributed by atoms with Gasteiger partial charge in [0.15, 0.2) is 0 Å². The second-order valence-electron chi connectivity index (χ2n) is 7.04. The van der Waals surface area contributed by atoms with E-state index in [0.29, 0.717) is 19.1 Å². The summed E-state index contributed by atoms with van der Waals surface area (Å²) in [6, 6.07) is 3.60. The normalized spacial score (nSPS) is 30.1. The zero-order chi connectivity index (χ0) is 17.1. The van der Waals surface area contributed by atoms with E-state index in [1.807, 2.05) is 26.0 Å². The Balaban J connectivity index is 1.64. The minimum absolute atomic E-state index is 0.0000889. The number of hydrogen-bond donors (Lipinski definition) is 1. The average molecular weight is 335 g/mol. The highest BCUT2D eigenvalue weighted by atomic mass is 16.5. The van der Waals surface area contributed by atoms with Crippen LogP contribution in [0.25, 0.3) is 0 Å². The van der Waals surface area contributed by atoms with E-state index in [4.69, 9.17) is 9.47 Å². The van der Waals surface area contributed by atoms with Crippen molar-refractivity contribution in [1.82, 2.24) is 4.57 Å². The van der Waals surface area contributed by atoms with E-state index in [0.717, 1.165) is 50.0 Å². The van der Waals surface area contributed by atoms with Crippen molar-refractivity contribution >= 4 is 0 Å². The van der Waals surface area contributed by atoms with Gasteiger partial charge in [0.05, 0.1) is 31.0 Å². The van der Waals surface area contributed by atoms with Crippen molar-refractivity contribution in [3.05, 3.63) is 33.7 Å². The number of aliphatic hydroxyl groups is 1. The van der Waals surface area contributed by atoms with Crippen LogP contribution in [0, 0.1) is 6.92 Å². The standard InChI is InChI=1S/C19H29NO4/c1-3-23-15-7-9-16(10-8-15)24-12-17-18(21)11-6-14-5-4-13(2)19(22)20(14)17/h4-5,15-18,21H,3,6-12H2,1-2H3. The Morgan fingerprint density at radius 2 is 1.79 bits per heavy atom. The lowest BCUT2D eigenvalue weighted by Gasteiger charge is -2.34. The third kappa shape index (κ3) is 3.73. The van der Waals surface area contributed by atoms with Crippen LogP contribution in [-0.2, 0) is 15.9 Å². The molecule has 2 aliphatic rings. The monoisotopic (exact) mass is 335 g/mol. The lowest BCUT2D eigenvalue weighted by Crippen LogP contribution is -2.42. The Labute approximate surface area is 143 Å². The Kier molecular flexibility index (Phi) is 5.74. The van der Waals surface area contributed by atoms with Gasteiger partial charge in [-0.15, -0.1) is 0 Å². The number of pyridine rings is 1. The molecule has 1 fully saturated rings. The van der Waals surface area contributed by atoms with Gasteiger partial charge in [0.25, 0.3) is 5.56 Å². The van der Waals surface area contributed by atoms with E-state index in [9.17, 15) is 9.90 Å². The zero-order valence-electron chi connectivity index (χ0n) is 14.7. The lowest BCUT2D eigenvalue weighted by molar-refractivity contribution is -0.0534. The molecule has 2 atom stereocenters. The van der Waals surface area contributed by atoms with Crippen LogP contribution in [-0.4, -0.2) is 41.2 Å². The minimum atomic E-state index is -0.517. The molecule has 134 valence electrons. The molecule has 5 heteroatoms. The summed E-state index contributed by atoms with van der Waals surface area (Å²) in [4.78, 5) is 12.5. The third-order valence-electron chi connectivity index (χ3n) is 5.39. The molecular weight excluding hydrogens is 306 g/mol. The van der Waals surface area contributed by atoms with Crippen molar-refractivity contribution < 1.29 is 14.6 Å². The molecule has 3 rings (SSSR count). The fourth-order valence-corrected chi connectivity index (χ4v) is 3.94. The van der Waals surface area contributed by atoms with E-state index in [1.165, 1.54) is 0 Å². The van der Waals surface area contributed by atoms with Crippen molar-refractivity contribution in [1.29, 1.82) is 0 Å². The summed E-state index contributed by atoms with van der Waals surface area (Å²) >= 11 is 0. The van der Waals surface area contributed by atoms with Gasteiger partial charge < -0.3 is 19.1 Å². The average Bonchev–Trinajstić information content (AvgIpc) is 2.59. The van der Waals surface area contributed by atoms with Gasteiger partial charge in [-0.05, 0) is 58.4 Å². The molecule has 0 radical (unpaired) electrons. The van der Waals surface area contributed by atoms with Crippen molar-refractivity contribution in [3.63, 3.8) is 0 Å². The summed E-state index contributed by atoms with van der Waals surface area (Å²) in [6.07, 6.45) is 5.52. The van der Waals surface area contributed by atoms with Gasteiger partial charge in [-0.1, -0.05) is 6.07 Å². The van der Waals surface area contributed by atoms with E-state index < -0.39 is 6.10 Å². The van der Waals surface area contributed by atoms with Crippen molar-refractivity contribution in [2.75, 3.05) is 13.2 Å². The molecule has 0 spiro atoms. The first-order chi connectivity index (χ1) is 11.6. The summed E-state index contributed by atoms with van der Waals surface area (Å²) in [6.45, 7) is 5.03. The second-order valence-corrected chi connectivity index (χ2v) is 7.04. The molecular formula is C19H29NO4. The molecule has 2 heterocycles. The summed E-state index contributed by atoms with van der Waals surface area (Å²) < 4.78 is 13.5. The van der Waals surface area contributed by atoms with Crippen molar-refractivity contribution in [3.8, 4) is 0 Å². The molecule has 0 aromatic carbocycles. The van der Waals surface area contributed by atoms with Gasteiger partial charge in [0.1, 0.15) is 0 Å². The fourth-order valence-electron chi connectivity index (χ4n) is 3.94. The second kappa shape index (κ2) is 7.81. The van der Waals surface area contributed by atoms with Crippen molar-refractivity contribution in [2.45, 2.75) is 76.7 Å². The third-order valence-corrected chi connectivity index (χ3v) is 5.39. The Morgan fingerprint density at radius 1 is 1.12 bits per heavy atom. The van der Waals surface area contributed by atoms with Gasteiger partial charge in [-0.25, -0.2) is 0 Å². The molecule has 0 bridgehead atoms. The molecule has 1 aromatic heterocycles. The number of fused-ring (bicyclic) bond motifs is 1. The molecule has 0 amide bonds. The van der Waals surface area contributed by atoms with Crippen LogP contribution in [0.4, 0.5) is 0 Å². The van der Waals surface area contributed by atoms with E-state index in [1.54, 1.807) is 4.57 Å². The molecule has 0 saturated heterocycles. The Bertz CT molecular complexity index is 604. The smallest absolute Gasteiger partial charge is 0.254 e. The first-order valence-corrected chi connectivity index (χ1v) is 9.22. The van der Waals surface area contributed by atoms with Crippen LogP contribution < -0.4 is 5.56 Å². The number of hydrogen-bond acceptors (Lipinski definition) is 4. The van der Waals surface area contributed by atoms with Crippen LogP contribution in [0.1, 0.15) is 56.3 Å². The number of aromatic nitrogens is 1. The maximum atomic E-state index is 12.5. The molecule has 5 nitrogen and oxygen atoms in total. The van der Waals surface area contributed by atoms with Crippen LogP contribution in [0.15, 0.2) is 16.9 Å². The highest BCUT2D eigenvalue weighted by Gasteiger charge is 2.31. The molecule has 1 aliphatic heterocycles. The number of ether oxygens (including phenoxy) is 2. The maximum absolute atomic E-state index is 12.5. The predicted molar refractivity (Wildman–Crippen MR) is 92.4 cm³/mol. The number of aliphatic hydroxyl groups excluding tert-OH is 1. The number of nitrogens with zero attached hydrogens (tertiary/aromatic N) is 1. The first-order valence-electron chi connectivity index (χ1n) is 9.22. The molecule has 1 aromatic rings. The largest absolute Gasteiger partial charge is 0.391 e. The van der Waals surface area contributed by atoms with Gasteiger partial charge in [-0.3, -0.25) is 4.79 Å². The highest BCUT2D eigenvalue weighted by molar-refractivity contribution is 5.18. The summed E-state index contributed by atoms with van der Waals surface area (Å²) in [5.41, 5.74) is 1.72. The molecule has 1 saturated carbocycles. The molecule has 24 heavy (non-hydrogen) atoms. The van der Waals surface area contributed by atoms with Crippen LogP contribution in [0.5, 0.6) is 0 Å². The van der Waals surface area contributed by atoms with Gasteiger partial charge in [0.2, 0.25) is 0 Å². The lowest BCUT2D eigenvalue weighted by atomic mass is 9.94. The summed E-state index contributed by atoms with van der Waals surface area (Å²) in [5, 5.41) is 10.4. The number of rotatable bonds is 5. The number of aryl methyl sites for hydroxylation is 2. The van der Waals surface area contributed by atoms with Crippen LogP contribution in [0.2, 0.25) is 0 Å². The van der Waals surface area contributed by atoms with E-state index in [2.05, 4.69) is 0 Å². The molecule has 2 unspecified atom stereocenters. The van der Waals surface area contributed by atoms with Crippen LogP contribution in [0.3, 0.4) is 0 Å². The topological polar surface area (TPSA) is 60.7 Å². The van der Waals surface area contributed by atoms with Gasteiger partial charge in [0, 0.05) is 17.9 Å². The minimum Gasteiger partial charge on any atom is -0.391 e. The van der Waals surface area contributed by atoms with Gasteiger partial charge in [-0.2, -0.15) is 0 Å². The SMILES string of the molecule is CCOC1CCC(OCC2C(O)CCc3ccc(C)c(=O)n32)CC1.